The molecule has 0 aromatic carbocycles. The third-order valence-electron chi connectivity index (χ3n) is 1.54. The zero-order chi connectivity index (χ0) is 8.27. The Morgan fingerprint density at radius 1 is 1.64 bits per heavy atom. The third-order valence-corrected chi connectivity index (χ3v) is 2.46. The maximum atomic E-state index is 11.2. The van der Waals surface area contributed by atoms with Crippen molar-refractivity contribution in [2.75, 3.05) is 38.8 Å². The van der Waals surface area contributed by atoms with Crippen LogP contribution in [0, 0.1) is 0 Å². The minimum atomic E-state index is 0.273. The fourth-order valence-corrected chi connectivity index (χ4v) is 1.89. The zero-order valence-corrected chi connectivity index (χ0v) is 7.86. The predicted octanol–water partition coefficient (Wildman–Crippen LogP) is 0.0809. The van der Waals surface area contributed by atoms with E-state index in [1.165, 1.54) is 0 Å². The van der Waals surface area contributed by atoms with Crippen molar-refractivity contribution < 1.29 is 4.79 Å². The molecule has 0 aromatic heterocycles. The molecule has 0 bridgehead atoms. The van der Waals surface area contributed by atoms with E-state index in [9.17, 15) is 4.79 Å². The molecule has 11 heavy (non-hydrogen) atoms. The molecule has 1 aliphatic heterocycles. The fraction of sp³-hybridized carbons (Fsp3) is 0.857. The number of hydrogen-bond donors (Lipinski definition) is 0. The highest BCUT2D eigenvalue weighted by atomic mass is 32.2. The molecule has 4 heteroatoms. The Morgan fingerprint density at radius 2 is 2.36 bits per heavy atom. The van der Waals surface area contributed by atoms with E-state index in [1.807, 2.05) is 23.9 Å². The Labute approximate surface area is 71.7 Å². The van der Waals surface area contributed by atoms with E-state index in [0.29, 0.717) is 5.75 Å². The van der Waals surface area contributed by atoms with Gasteiger partial charge in [-0.25, -0.2) is 0 Å². The van der Waals surface area contributed by atoms with Crippen molar-refractivity contribution in [1.29, 1.82) is 0 Å². The van der Waals surface area contributed by atoms with Crippen molar-refractivity contribution >= 4 is 17.7 Å². The molecule has 0 aliphatic carbocycles. The first-order valence-corrected chi connectivity index (χ1v) is 4.86. The first kappa shape index (κ1) is 8.87. The van der Waals surface area contributed by atoms with Crippen LogP contribution in [0.15, 0.2) is 0 Å². The number of rotatable bonds is 2. The molecule has 64 valence electrons. The van der Waals surface area contributed by atoms with E-state index in [4.69, 9.17) is 0 Å². The normalized spacial score (nSPS) is 19.5. The lowest BCUT2D eigenvalue weighted by atomic mass is 10.5. The van der Waals surface area contributed by atoms with Crippen molar-refractivity contribution in [3.63, 3.8) is 0 Å². The molecule has 0 spiro atoms. The molecule has 1 aliphatic rings. The molecule has 0 saturated carbocycles. The first-order valence-electron chi connectivity index (χ1n) is 3.70. The van der Waals surface area contributed by atoms with Crippen LogP contribution in [0.5, 0.6) is 0 Å². The summed E-state index contributed by atoms with van der Waals surface area (Å²) in [5.41, 5.74) is 0. The molecule has 1 rings (SSSR count). The minimum absolute atomic E-state index is 0.273. The van der Waals surface area contributed by atoms with Gasteiger partial charge >= 0.3 is 0 Å². The largest absolute Gasteiger partial charge is 0.328 e. The maximum Gasteiger partial charge on any atom is 0.233 e. The van der Waals surface area contributed by atoms with E-state index in [1.54, 1.807) is 11.8 Å². The summed E-state index contributed by atoms with van der Waals surface area (Å²) in [6, 6.07) is 0. The average Bonchev–Trinajstić information content (AvgIpc) is 1.93. The lowest BCUT2D eigenvalue weighted by molar-refractivity contribution is -0.130. The Kier molecular flexibility index (Phi) is 3.20. The molecule has 0 aromatic rings. The summed E-state index contributed by atoms with van der Waals surface area (Å²) >= 11 is 1.72. The third kappa shape index (κ3) is 2.71. The van der Waals surface area contributed by atoms with Crippen LogP contribution < -0.4 is 0 Å². The van der Waals surface area contributed by atoms with Gasteiger partial charge in [0.25, 0.3) is 0 Å². The molecule has 0 unspecified atom stereocenters. The Morgan fingerprint density at radius 3 is 2.91 bits per heavy atom. The van der Waals surface area contributed by atoms with Gasteiger partial charge in [0.05, 0.1) is 12.4 Å². The van der Waals surface area contributed by atoms with Crippen molar-refractivity contribution in [1.82, 2.24) is 9.80 Å². The van der Waals surface area contributed by atoms with Crippen LogP contribution in [0.4, 0.5) is 0 Å². The molecule has 1 heterocycles. The number of hydrogen-bond acceptors (Lipinski definition) is 3. The molecule has 0 N–H and O–H groups in total. The van der Waals surface area contributed by atoms with E-state index < -0.39 is 0 Å². The van der Waals surface area contributed by atoms with Crippen molar-refractivity contribution in [2.45, 2.75) is 0 Å². The van der Waals surface area contributed by atoms with Crippen LogP contribution in [0.1, 0.15) is 0 Å². The summed E-state index contributed by atoms with van der Waals surface area (Å²) in [6.45, 7) is 1.67. The second-order valence-electron chi connectivity index (χ2n) is 2.93. The maximum absolute atomic E-state index is 11.2. The quantitative estimate of drug-likeness (QED) is 0.592. The SMILES string of the molecule is CN(C)CN1CCSCC1=O. The molecule has 1 saturated heterocycles. The van der Waals surface area contributed by atoms with Gasteiger partial charge in [-0.1, -0.05) is 0 Å². The van der Waals surface area contributed by atoms with Gasteiger partial charge < -0.3 is 4.90 Å². The highest BCUT2D eigenvalue weighted by molar-refractivity contribution is 8.00. The number of carbonyl (C=O) groups is 1. The molecule has 1 fully saturated rings. The van der Waals surface area contributed by atoms with Gasteiger partial charge in [-0.2, -0.15) is 11.8 Å². The van der Waals surface area contributed by atoms with E-state index >= 15 is 0 Å². The van der Waals surface area contributed by atoms with Gasteiger partial charge in [0, 0.05) is 12.3 Å². The Hall–Kier alpha value is -0.220. The summed E-state index contributed by atoms with van der Waals surface area (Å²) in [5, 5.41) is 0. The van der Waals surface area contributed by atoms with Crippen LogP contribution in [-0.2, 0) is 4.79 Å². The highest BCUT2D eigenvalue weighted by Gasteiger charge is 2.17. The van der Waals surface area contributed by atoms with Crippen molar-refractivity contribution in [2.24, 2.45) is 0 Å². The molecule has 0 atom stereocenters. The van der Waals surface area contributed by atoms with Gasteiger partial charge in [0.1, 0.15) is 0 Å². The van der Waals surface area contributed by atoms with E-state index in [2.05, 4.69) is 0 Å². The molecule has 3 nitrogen and oxygen atoms in total. The minimum Gasteiger partial charge on any atom is -0.328 e. The Balaban J connectivity index is 2.36. The second-order valence-corrected chi connectivity index (χ2v) is 4.04. The summed E-state index contributed by atoms with van der Waals surface area (Å²) in [7, 11) is 3.96. The molecular weight excluding hydrogens is 160 g/mol. The van der Waals surface area contributed by atoms with Crippen molar-refractivity contribution in [3.05, 3.63) is 0 Å². The standard InChI is InChI=1S/C7H14N2OS/c1-8(2)6-9-3-4-11-5-7(9)10/h3-6H2,1-2H3. The highest BCUT2D eigenvalue weighted by Crippen LogP contribution is 2.09. The lowest BCUT2D eigenvalue weighted by Crippen LogP contribution is -2.43. The first-order chi connectivity index (χ1) is 5.20. The van der Waals surface area contributed by atoms with E-state index in [0.717, 1.165) is 19.0 Å². The number of nitrogens with zero attached hydrogens (tertiary/aromatic N) is 2. The summed E-state index contributed by atoms with van der Waals surface area (Å²) in [5.74, 6) is 2.02. The van der Waals surface area contributed by atoms with Crippen LogP contribution >= 0.6 is 11.8 Å². The van der Waals surface area contributed by atoms with Crippen LogP contribution in [0.3, 0.4) is 0 Å². The predicted molar refractivity (Wildman–Crippen MR) is 47.6 cm³/mol. The lowest BCUT2D eigenvalue weighted by Gasteiger charge is -2.28. The number of carbonyl (C=O) groups excluding carboxylic acids is 1. The topological polar surface area (TPSA) is 23.6 Å². The monoisotopic (exact) mass is 174 g/mol. The van der Waals surface area contributed by atoms with Crippen LogP contribution in [0.25, 0.3) is 0 Å². The second kappa shape index (κ2) is 3.97. The van der Waals surface area contributed by atoms with Gasteiger partial charge in [-0.3, -0.25) is 9.69 Å². The van der Waals surface area contributed by atoms with Gasteiger partial charge in [0.2, 0.25) is 5.91 Å². The average molecular weight is 174 g/mol. The molecule has 0 radical (unpaired) electrons. The number of amides is 1. The van der Waals surface area contributed by atoms with Gasteiger partial charge in [-0.05, 0) is 14.1 Å². The summed E-state index contributed by atoms with van der Waals surface area (Å²) in [4.78, 5) is 15.1. The summed E-state index contributed by atoms with van der Waals surface area (Å²) in [6.07, 6.45) is 0. The number of thioether (sulfide) groups is 1. The zero-order valence-electron chi connectivity index (χ0n) is 7.04. The van der Waals surface area contributed by atoms with Crippen LogP contribution in [-0.4, -0.2) is 54.5 Å². The van der Waals surface area contributed by atoms with Gasteiger partial charge in [-0.15, -0.1) is 0 Å². The molecule has 1 amide bonds. The molecular formula is C7H14N2OS. The fourth-order valence-electron chi connectivity index (χ4n) is 1.04. The van der Waals surface area contributed by atoms with E-state index in [-0.39, 0.29) is 5.91 Å². The van der Waals surface area contributed by atoms with Gasteiger partial charge in [0.15, 0.2) is 0 Å². The van der Waals surface area contributed by atoms with Crippen molar-refractivity contribution in [3.8, 4) is 0 Å². The summed E-state index contributed by atoms with van der Waals surface area (Å²) < 4.78 is 0. The Bertz CT molecular complexity index is 149. The van der Waals surface area contributed by atoms with Crippen LogP contribution in [0.2, 0.25) is 0 Å². The smallest absolute Gasteiger partial charge is 0.233 e.